The number of anilines is 2. The summed E-state index contributed by atoms with van der Waals surface area (Å²) in [5.41, 5.74) is 2.06. The molecule has 2 aromatic carbocycles. The average Bonchev–Trinajstić information content (AvgIpc) is 3.16. The molecule has 2 aromatic rings. The first kappa shape index (κ1) is 51.5. The first-order valence-electron chi connectivity index (χ1n) is 19.1. The number of aliphatic carboxylic acids is 2. The van der Waals surface area contributed by atoms with Gasteiger partial charge in [-0.3, -0.25) is 4.79 Å². The number of hydrogen-bond donors (Lipinski definition) is 4. The lowest BCUT2D eigenvalue weighted by Gasteiger charge is -2.24. The maximum absolute atomic E-state index is 11.9. The zero-order valence-corrected chi connectivity index (χ0v) is 34.3. The molecule has 0 fully saturated rings. The number of nitrogens with zero attached hydrogens (tertiary/aromatic N) is 2. The highest BCUT2D eigenvalue weighted by molar-refractivity contribution is 5.81. The molecule has 308 valence electrons. The third-order valence-corrected chi connectivity index (χ3v) is 7.27. The Labute approximate surface area is 323 Å². The van der Waals surface area contributed by atoms with E-state index in [4.69, 9.17) is 29.2 Å². The second kappa shape index (κ2) is 33.0. The van der Waals surface area contributed by atoms with Crippen LogP contribution in [0.4, 0.5) is 21.0 Å². The van der Waals surface area contributed by atoms with Crippen LogP contribution in [0.25, 0.3) is 0 Å². The van der Waals surface area contributed by atoms with Crippen molar-refractivity contribution >= 4 is 35.5 Å². The van der Waals surface area contributed by atoms with E-state index in [0.717, 1.165) is 63.2 Å². The van der Waals surface area contributed by atoms with Crippen molar-refractivity contribution in [3.05, 3.63) is 48.5 Å². The van der Waals surface area contributed by atoms with Gasteiger partial charge in [-0.2, -0.15) is 0 Å². The van der Waals surface area contributed by atoms with Crippen molar-refractivity contribution in [2.75, 3.05) is 63.4 Å². The average molecular weight is 765 g/mol. The molecule has 54 heavy (non-hydrogen) atoms. The maximum atomic E-state index is 11.9. The number of carboxylic acid groups (broad SMARTS) is 2. The van der Waals surface area contributed by atoms with Gasteiger partial charge in [0.25, 0.3) is 0 Å². The van der Waals surface area contributed by atoms with E-state index in [1.165, 1.54) is 0 Å². The zero-order chi connectivity index (χ0) is 41.3. The van der Waals surface area contributed by atoms with E-state index in [2.05, 4.69) is 41.2 Å². The fourth-order valence-corrected chi connectivity index (χ4v) is 4.78. The van der Waals surface area contributed by atoms with Crippen LogP contribution >= 0.6 is 0 Å². The van der Waals surface area contributed by atoms with E-state index in [1.54, 1.807) is 38.5 Å². The predicted molar refractivity (Wildman–Crippen MR) is 215 cm³/mol. The van der Waals surface area contributed by atoms with Gasteiger partial charge in [0.1, 0.15) is 17.5 Å². The number of nitrogens with one attached hydrogen (secondary N) is 2. The molecule has 0 bridgehead atoms. The van der Waals surface area contributed by atoms with Gasteiger partial charge in [-0.15, -0.1) is 0 Å². The molecule has 4 N–H and O–H groups in total. The largest absolute Gasteiger partial charge is 0.481 e. The van der Waals surface area contributed by atoms with Crippen molar-refractivity contribution in [3.63, 3.8) is 0 Å². The Morgan fingerprint density at radius 3 is 1.37 bits per heavy atom. The number of ether oxygens (including phenoxy) is 4. The first-order chi connectivity index (χ1) is 26.0. The molecule has 0 saturated heterocycles. The third kappa shape index (κ3) is 23.9. The second-order valence-corrected chi connectivity index (χ2v) is 11.5. The Hall–Kier alpha value is -4.56. The van der Waals surface area contributed by atoms with Crippen molar-refractivity contribution in [2.45, 2.75) is 106 Å². The molecule has 0 heterocycles. The molecule has 0 aliphatic heterocycles. The van der Waals surface area contributed by atoms with Crippen LogP contribution in [0.3, 0.4) is 0 Å². The summed E-state index contributed by atoms with van der Waals surface area (Å²) in [5, 5.41) is 22.7. The van der Waals surface area contributed by atoms with E-state index in [-0.39, 0.29) is 24.6 Å². The molecule has 0 aliphatic carbocycles. The Kier molecular flexibility index (Phi) is 31.5. The van der Waals surface area contributed by atoms with Gasteiger partial charge in [-0.05, 0) is 81.1 Å². The van der Waals surface area contributed by atoms with Gasteiger partial charge >= 0.3 is 24.1 Å². The van der Waals surface area contributed by atoms with E-state index >= 15 is 0 Å². The summed E-state index contributed by atoms with van der Waals surface area (Å²) in [5.74, 6) is -1.66. The second-order valence-electron chi connectivity index (χ2n) is 11.5. The summed E-state index contributed by atoms with van der Waals surface area (Å²) in [6, 6.07) is 13.2. The standard InChI is InChI=1S/C18H26N2O7.C18H30N2O3.2C2H6/c1-3-10-20(11-12-26-2)13-4-6-14(7-5-13)27-18(25)19-15(17(23)24)8-9-16(21)22;1-5-7-15(3)19-18(21)23-17-10-8-16(9-11-17)20(12-6-2)13-14-22-4;2*1-2/h4-7,15H,3,8-12H2,1-2H3,(H,19,25)(H,21,22)(H,23,24);8-11,15H,5-7,12-14H2,1-4H3,(H,19,21);2*1-2H3/t2*15-;;/m01../s1. The number of methoxy groups -OCH3 is 2. The molecule has 2 rings (SSSR count). The molecule has 2 amide bonds. The summed E-state index contributed by atoms with van der Waals surface area (Å²) in [6.45, 7) is 21.0. The molecule has 0 radical (unpaired) electrons. The predicted octanol–water partition coefficient (Wildman–Crippen LogP) is 7.83. The normalized spacial score (nSPS) is 11.0. The zero-order valence-electron chi connectivity index (χ0n) is 34.3. The minimum Gasteiger partial charge on any atom is -0.481 e. The van der Waals surface area contributed by atoms with Crippen molar-refractivity contribution < 1.29 is 48.3 Å². The number of hydrogen-bond acceptors (Lipinski definition) is 10. The molecule has 0 unspecified atom stereocenters. The highest BCUT2D eigenvalue weighted by atomic mass is 16.6. The number of benzene rings is 2. The van der Waals surface area contributed by atoms with Crippen molar-refractivity contribution in [3.8, 4) is 11.5 Å². The summed E-state index contributed by atoms with van der Waals surface area (Å²) < 4.78 is 20.6. The quantitative estimate of drug-likeness (QED) is 0.0916. The smallest absolute Gasteiger partial charge is 0.413 e. The molecule has 0 aliphatic rings. The van der Waals surface area contributed by atoms with Crippen molar-refractivity contribution in [1.82, 2.24) is 10.6 Å². The fraction of sp³-hybridized carbons (Fsp3) is 0.600. The fourth-order valence-electron chi connectivity index (χ4n) is 4.78. The van der Waals surface area contributed by atoms with Gasteiger partial charge in [-0.25, -0.2) is 14.4 Å². The Morgan fingerprint density at radius 1 is 0.630 bits per heavy atom. The Morgan fingerprint density at radius 2 is 1.04 bits per heavy atom. The summed E-state index contributed by atoms with van der Waals surface area (Å²) in [4.78, 5) is 49.7. The highest BCUT2D eigenvalue weighted by Gasteiger charge is 2.22. The van der Waals surface area contributed by atoms with Crippen LogP contribution in [0.2, 0.25) is 0 Å². The third-order valence-electron chi connectivity index (χ3n) is 7.27. The van der Waals surface area contributed by atoms with Gasteiger partial charge in [-0.1, -0.05) is 54.9 Å². The molecular weight excluding hydrogens is 696 g/mol. The Bertz CT molecular complexity index is 1260. The summed E-state index contributed by atoms with van der Waals surface area (Å²) >= 11 is 0. The van der Waals surface area contributed by atoms with Gasteiger partial charge < -0.3 is 49.6 Å². The summed E-state index contributed by atoms with van der Waals surface area (Å²) in [7, 11) is 3.35. The van der Waals surface area contributed by atoms with Gasteiger partial charge in [0, 0.05) is 64.2 Å². The van der Waals surface area contributed by atoms with Crippen molar-refractivity contribution in [1.29, 1.82) is 0 Å². The van der Waals surface area contributed by atoms with E-state index in [1.807, 2.05) is 58.9 Å². The number of rotatable bonds is 22. The lowest BCUT2D eigenvalue weighted by atomic mass is 10.1. The maximum Gasteiger partial charge on any atom is 0.413 e. The molecule has 0 spiro atoms. The monoisotopic (exact) mass is 764 g/mol. The van der Waals surface area contributed by atoms with Crippen LogP contribution in [-0.4, -0.2) is 100 Å². The van der Waals surface area contributed by atoms with Gasteiger partial charge in [0.15, 0.2) is 0 Å². The lowest BCUT2D eigenvalue weighted by Crippen LogP contribution is -2.42. The van der Waals surface area contributed by atoms with E-state index < -0.39 is 30.2 Å². The topological polar surface area (TPSA) is 176 Å². The molecule has 0 aromatic heterocycles. The number of carbonyl (C=O) groups excluding carboxylic acids is 2. The van der Waals surface area contributed by atoms with Gasteiger partial charge in [0.05, 0.1) is 13.2 Å². The van der Waals surface area contributed by atoms with E-state index in [9.17, 15) is 19.2 Å². The molecule has 0 saturated carbocycles. The lowest BCUT2D eigenvalue weighted by molar-refractivity contribution is -0.140. The van der Waals surface area contributed by atoms with Crippen LogP contribution in [-0.2, 0) is 19.1 Å². The van der Waals surface area contributed by atoms with Crippen molar-refractivity contribution in [2.24, 2.45) is 0 Å². The first-order valence-corrected chi connectivity index (χ1v) is 19.1. The van der Waals surface area contributed by atoms with Crippen LogP contribution in [0.15, 0.2) is 48.5 Å². The van der Waals surface area contributed by atoms with Crippen LogP contribution in [0.5, 0.6) is 11.5 Å². The summed E-state index contributed by atoms with van der Waals surface area (Å²) in [6.07, 6.45) is 2.06. The Balaban J connectivity index is 0. The SMILES string of the molecule is CC.CC.CCCN(CCOC)c1ccc(OC(=O)N[C@@H](CCC(=O)O)C(=O)O)cc1.CCC[C@@H](C)NC(=O)Oc1ccc(N(CCC)CCOC)cc1. The minimum absolute atomic E-state index is 0.126. The number of amides is 2. The molecule has 14 nitrogen and oxygen atoms in total. The van der Waals surface area contributed by atoms with Crippen LogP contribution in [0.1, 0.15) is 93.9 Å². The number of carbonyl (C=O) groups is 4. The minimum atomic E-state index is -1.33. The highest BCUT2D eigenvalue weighted by Crippen LogP contribution is 2.21. The molecule has 2 atom stereocenters. The van der Waals surface area contributed by atoms with Gasteiger partial charge in [0.2, 0.25) is 0 Å². The van der Waals surface area contributed by atoms with Crippen LogP contribution < -0.4 is 29.9 Å². The van der Waals surface area contributed by atoms with E-state index in [0.29, 0.717) is 19.0 Å². The molecular formula is C40H68N4O10. The molecule has 14 heteroatoms. The van der Waals surface area contributed by atoms with Crippen LogP contribution in [0, 0.1) is 0 Å². The number of carboxylic acids is 2.